The third-order valence-electron chi connectivity index (χ3n) is 6.31. The minimum absolute atomic E-state index is 0.0648. The highest BCUT2D eigenvalue weighted by atomic mass is 127. The molecule has 0 bridgehead atoms. The van der Waals surface area contributed by atoms with Crippen molar-refractivity contribution >= 4 is 40.7 Å². The zero-order valence-electron chi connectivity index (χ0n) is 19.6. The maximum Gasteiger partial charge on any atom is 0.410 e. The van der Waals surface area contributed by atoms with Crippen LogP contribution in [0.1, 0.15) is 30.4 Å². The van der Waals surface area contributed by atoms with E-state index in [4.69, 9.17) is 9.47 Å². The first-order valence-electron chi connectivity index (χ1n) is 11.9. The molecule has 0 aromatic heterocycles. The lowest BCUT2D eigenvalue weighted by Gasteiger charge is -2.30. The fraction of sp³-hybridized carbons (Fsp3) is 0.423. The Morgan fingerprint density at radius 3 is 2.11 bits per heavy atom. The van der Waals surface area contributed by atoms with Gasteiger partial charge in [0, 0.05) is 19.6 Å². The van der Waals surface area contributed by atoms with Gasteiger partial charge in [-0.05, 0) is 30.4 Å². The van der Waals surface area contributed by atoms with Crippen molar-refractivity contribution in [1.29, 1.82) is 0 Å². The largest absolute Gasteiger partial charge is 0.445 e. The van der Waals surface area contributed by atoms with Crippen LogP contribution < -0.4 is 0 Å². The van der Waals surface area contributed by atoms with Gasteiger partial charge in [-0.25, -0.2) is 9.59 Å². The molecule has 0 N–H and O–H groups in total. The number of nitrogens with zero attached hydrogens (tertiary/aromatic N) is 3. The second-order valence-electron chi connectivity index (χ2n) is 8.76. The second-order valence-corrected chi connectivity index (χ2v) is 10.2. The maximum absolute atomic E-state index is 13.1. The summed E-state index contributed by atoms with van der Waals surface area (Å²) in [4.78, 5) is 43.7. The molecule has 2 aromatic carbocycles. The van der Waals surface area contributed by atoms with Gasteiger partial charge in [-0.2, -0.15) is 0 Å². The van der Waals surface area contributed by atoms with E-state index >= 15 is 0 Å². The molecular weight excluding hydrogens is 561 g/mol. The molecule has 8 nitrogen and oxygen atoms in total. The number of carbonyl (C=O) groups is 3. The van der Waals surface area contributed by atoms with Crippen molar-refractivity contribution in [2.75, 3.05) is 26.2 Å². The van der Waals surface area contributed by atoms with Crippen LogP contribution in [0.2, 0.25) is 0 Å². The molecule has 35 heavy (non-hydrogen) atoms. The van der Waals surface area contributed by atoms with Crippen LogP contribution >= 0.6 is 22.6 Å². The number of carbonyl (C=O) groups excluding carboxylic acids is 3. The second kappa shape index (κ2) is 12.2. The normalized spacial score (nSPS) is 19.5. The molecule has 2 heterocycles. The Morgan fingerprint density at radius 1 is 0.886 bits per heavy atom. The van der Waals surface area contributed by atoms with Gasteiger partial charge in [-0.15, -0.1) is 0 Å². The first-order valence-corrected chi connectivity index (χ1v) is 13.1. The zero-order valence-corrected chi connectivity index (χ0v) is 21.7. The molecule has 9 heteroatoms. The molecule has 186 valence electrons. The van der Waals surface area contributed by atoms with Crippen LogP contribution in [0.4, 0.5) is 9.59 Å². The SMILES string of the molecule is O=C(OCc1ccccc1)N1CCC(N(CC(=O)N2CCCC2I)C(=O)OCc2ccccc2)C1. The predicted molar refractivity (Wildman–Crippen MR) is 139 cm³/mol. The van der Waals surface area contributed by atoms with Gasteiger partial charge in [0.2, 0.25) is 5.91 Å². The Kier molecular flexibility index (Phi) is 8.84. The van der Waals surface area contributed by atoms with Gasteiger partial charge in [0.15, 0.2) is 0 Å². The van der Waals surface area contributed by atoms with Crippen LogP contribution in [0.25, 0.3) is 0 Å². The van der Waals surface area contributed by atoms with Crippen molar-refractivity contribution in [2.24, 2.45) is 0 Å². The van der Waals surface area contributed by atoms with Gasteiger partial charge in [0.05, 0.1) is 10.1 Å². The number of rotatable bonds is 7. The minimum Gasteiger partial charge on any atom is -0.445 e. The smallest absolute Gasteiger partial charge is 0.410 e. The maximum atomic E-state index is 13.1. The number of hydrogen-bond donors (Lipinski definition) is 0. The Hall–Kier alpha value is -2.82. The van der Waals surface area contributed by atoms with Crippen molar-refractivity contribution in [2.45, 2.75) is 42.6 Å². The molecule has 3 amide bonds. The van der Waals surface area contributed by atoms with Crippen molar-refractivity contribution < 1.29 is 23.9 Å². The van der Waals surface area contributed by atoms with Crippen LogP contribution in [0, 0.1) is 0 Å². The van der Waals surface area contributed by atoms with E-state index in [0.717, 1.165) is 24.0 Å². The monoisotopic (exact) mass is 591 g/mol. The van der Waals surface area contributed by atoms with Crippen LogP contribution in [0.3, 0.4) is 0 Å². The Bertz CT molecular complexity index is 1010. The highest BCUT2D eigenvalue weighted by Gasteiger charge is 2.37. The third-order valence-corrected chi connectivity index (χ3v) is 7.61. The lowest BCUT2D eigenvalue weighted by molar-refractivity contribution is -0.131. The van der Waals surface area contributed by atoms with E-state index in [1.165, 1.54) is 4.90 Å². The van der Waals surface area contributed by atoms with Crippen LogP contribution in [-0.4, -0.2) is 69.1 Å². The molecule has 4 rings (SSSR count). The van der Waals surface area contributed by atoms with E-state index in [9.17, 15) is 14.4 Å². The van der Waals surface area contributed by atoms with Gasteiger partial charge in [-0.3, -0.25) is 9.69 Å². The summed E-state index contributed by atoms with van der Waals surface area (Å²) in [7, 11) is 0. The standard InChI is InChI=1S/C26H30IN3O5/c27-23-12-7-14-29(23)24(31)17-30(26(33)35-19-21-10-5-2-6-11-21)22-13-15-28(16-22)25(32)34-18-20-8-3-1-4-9-20/h1-6,8-11,22-23H,7,12-19H2. The highest BCUT2D eigenvalue weighted by molar-refractivity contribution is 14.1. The summed E-state index contributed by atoms with van der Waals surface area (Å²) in [6.45, 7) is 1.70. The lowest BCUT2D eigenvalue weighted by atomic mass is 10.2. The van der Waals surface area contributed by atoms with Gasteiger partial charge in [-0.1, -0.05) is 83.3 Å². The topological polar surface area (TPSA) is 79.4 Å². The average molecular weight is 591 g/mol. The van der Waals surface area contributed by atoms with Crippen molar-refractivity contribution in [1.82, 2.24) is 14.7 Å². The third kappa shape index (κ3) is 6.87. The summed E-state index contributed by atoms with van der Waals surface area (Å²) < 4.78 is 11.2. The van der Waals surface area contributed by atoms with Crippen LogP contribution in [0.5, 0.6) is 0 Å². The van der Waals surface area contributed by atoms with Crippen molar-refractivity contribution in [3.8, 4) is 0 Å². The number of benzene rings is 2. The Balaban J connectivity index is 1.38. The quantitative estimate of drug-likeness (QED) is 0.271. The molecular formula is C26H30IN3O5. The molecule has 2 aliphatic heterocycles. The summed E-state index contributed by atoms with van der Waals surface area (Å²) in [6.07, 6.45) is 1.50. The fourth-order valence-electron chi connectivity index (χ4n) is 4.36. The van der Waals surface area contributed by atoms with Crippen molar-refractivity contribution in [3.05, 3.63) is 71.8 Å². The molecule has 2 aliphatic rings. The lowest BCUT2D eigenvalue weighted by Crippen LogP contribution is -2.49. The summed E-state index contributed by atoms with van der Waals surface area (Å²) in [5.74, 6) is -0.0938. The molecule has 0 radical (unpaired) electrons. The van der Waals surface area contributed by atoms with Gasteiger partial charge in [0.25, 0.3) is 0 Å². The Labute approximate surface area is 219 Å². The molecule has 2 unspecified atom stereocenters. The average Bonchev–Trinajstić information content (AvgIpc) is 3.55. The Morgan fingerprint density at radius 2 is 1.51 bits per heavy atom. The van der Waals surface area contributed by atoms with E-state index in [1.807, 2.05) is 65.6 Å². The number of hydrogen-bond acceptors (Lipinski definition) is 5. The fourth-order valence-corrected chi connectivity index (χ4v) is 5.39. The number of ether oxygens (including phenoxy) is 2. The molecule has 0 saturated carbocycles. The summed E-state index contributed by atoms with van der Waals surface area (Å²) in [5.41, 5.74) is 1.78. The molecule has 2 fully saturated rings. The summed E-state index contributed by atoms with van der Waals surface area (Å²) in [5, 5.41) is 0. The van der Waals surface area contributed by atoms with Gasteiger partial charge >= 0.3 is 12.2 Å². The summed E-state index contributed by atoms with van der Waals surface area (Å²) >= 11 is 2.27. The number of likely N-dealkylation sites (tertiary alicyclic amines) is 2. The molecule has 2 aromatic rings. The van der Waals surface area contributed by atoms with Gasteiger partial charge < -0.3 is 19.3 Å². The van der Waals surface area contributed by atoms with E-state index < -0.39 is 12.2 Å². The van der Waals surface area contributed by atoms with E-state index in [0.29, 0.717) is 26.1 Å². The first kappa shape index (κ1) is 25.3. The highest BCUT2D eigenvalue weighted by Crippen LogP contribution is 2.24. The molecule has 2 atom stereocenters. The van der Waals surface area contributed by atoms with E-state index in [-0.39, 0.29) is 35.8 Å². The number of amides is 3. The molecule has 0 aliphatic carbocycles. The van der Waals surface area contributed by atoms with E-state index in [2.05, 4.69) is 22.6 Å². The van der Waals surface area contributed by atoms with Crippen LogP contribution in [0.15, 0.2) is 60.7 Å². The van der Waals surface area contributed by atoms with Gasteiger partial charge in [0.1, 0.15) is 19.8 Å². The minimum atomic E-state index is -0.545. The number of halogens is 1. The molecule has 0 spiro atoms. The number of alkyl halides is 1. The summed E-state index contributed by atoms with van der Waals surface area (Å²) in [6, 6.07) is 18.6. The van der Waals surface area contributed by atoms with E-state index in [1.54, 1.807) is 4.90 Å². The molecule has 2 saturated heterocycles. The van der Waals surface area contributed by atoms with Crippen molar-refractivity contribution in [3.63, 3.8) is 0 Å². The zero-order chi connectivity index (χ0) is 24.6. The van der Waals surface area contributed by atoms with Crippen LogP contribution in [-0.2, 0) is 27.5 Å². The predicted octanol–water partition coefficient (Wildman–Crippen LogP) is 4.42. The first-order chi connectivity index (χ1) is 17.0.